The number of allylic oxidation sites excluding steroid dienone is 1. The van der Waals surface area contributed by atoms with E-state index in [0.717, 1.165) is 0 Å². The van der Waals surface area contributed by atoms with Crippen molar-refractivity contribution in [2.75, 3.05) is 0 Å². The molecule has 0 fully saturated rings. The van der Waals surface area contributed by atoms with Gasteiger partial charge < -0.3 is 0 Å². The van der Waals surface area contributed by atoms with E-state index in [9.17, 15) is 0 Å². The van der Waals surface area contributed by atoms with Crippen LogP contribution in [0.5, 0.6) is 0 Å². The van der Waals surface area contributed by atoms with Crippen LogP contribution in [0.2, 0.25) is 6.55 Å². The lowest BCUT2D eigenvalue weighted by atomic mass is 9.98. The van der Waals surface area contributed by atoms with Crippen LogP contribution < -0.4 is 10.4 Å². The maximum absolute atomic E-state index is 2.48. The first-order valence-electron chi connectivity index (χ1n) is 7.23. The van der Waals surface area contributed by atoms with Crippen LogP contribution in [0.15, 0.2) is 72.4 Å². The first kappa shape index (κ1) is 14.8. The zero-order chi connectivity index (χ0) is 14.6. The van der Waals surface area contributed by atoms with E-state index in [1.54, 1.807) is 0 Å². The first-order chi connectivity index (χ1) is 9.42. The van der Waals surface area contributed by atoms with Crippen molar-refractivity contribution >= 4 is 18.4 Å². The van der Waals surface area contributed by atoms with Gasteiger partial charge in [-0.15, -0.1) is 0 Å². The lowest BCUT2D eigenvalue weighted by molar-refractivity contribution is 0.545. The fourth-order valence-corrected chi connectivity index (χ4v) is 5.67. The number of benzene rings is 2. The van der Waals surface area contributed by atoms with Gasteiger partial charge in [-0.2, -0.15) is 0 Å². The number of hydrogen-bond donors (Lipinski definition) is 0. The van der Waals surface area contributed by atoms with E-state index in [4.69, 9.17) is 0 Å². The molecule has 20 heavy (non-hydrogen) atoms. The smallest absolute Gasteiger partial charge is 0.0895 e. The molecule has 0 saturated heterocycles. The van der Waals surface area contributed by atoms with Crippen molar-refractivity contribution in [3.05, 3.63) is 72.4 Å². The average Bonchev–Trinajstić information content (AvgIpc) is 2.46. The van der Waals surface area contributed by atoms with Crippen molar-refractivity contribution < 1.29 is 0 Å². The number of hydrogen-bond acceptors (Lipinski definition) is 0. The average molecular weight is 280 g/mol. The molecule has 2 aromatic carbocycles. The van der Waals surface area contributed by atoms with Crippen molar-refractivity contribution in [1.29, 1.82) is 0 Å². The predicted molar refractivity (Wildman–Crippen MR) is 92.4 cm³/mol. The molecule has 0 atom stereocenters. The SMILES string of the molecule is CC(C)(C)/C=C/[Si](C)(c1ccccc1)c1ccccc1. The first-order valence-corrected chi connectivity index (χ1v) is 9.81. The molecule has 0 aliphatic rings. The van der Waals surface area contributed by atoms with Crippen molar-refractivity contribution in [3.8, 4) is 0 Å². The Hall–Kier alpha value is -1.60. The summed E-state index contributed by atoms with van der Waals surface area (Å²) in [6.07, 6.45) is 2.37. The maximum atomic E-state index is 2.48. The van der Waals surface area contributed by atoms with E-state index in [0.29, 0.717) is 0 Å². The summed E-state index contributed by atoms with van der Waals surface area (Å²) in [5.41, 5.74) is 2.70. The Morgan fingerprint density at radius 3 is 1.50 bits per heavy atom. The van der Waals surface area contributed by atoms with Gasteiger partial charge in [0.05, 0.1) is 0 Å². The second kappa shape index (κ2) is 5.80. The van der Waals surface area contributed by atoms with Gasteiger partial charge in [0.1, 0.15) is 8.07 Å². The molecule has 0 heterocycles. The molecule has 0 radical (unpaired) electrons. The van der Waals surface area contributed by atoms with Gasteiger partial charge in [0.25, 0.3) is 0 Å². The summed E-state index contributed by atoms with van der Waals surface area (Å²) in [5, 5.41) is 2.93. The fraction of sp³-hybridized carbons (Fsp3) is 0.263. The molecule has 0 saturated carbocycles. The molecule has 0 aromatic heterocycles. The molecule has 0 amide bonds. The monoisotopic (exact) mass is 280 g/mol. The molecule has 104 valence electrons. The van der Waals surface area contributed by atoms with E-state index in [1.807, 2.05) is 0 Å². The van der Waals surface area contributed by atoms with Crippen LogP contribution >= 0.6 is 0 Å². The van der Waals surface area contributed by atoms with Crippen LogP contribution in [0, 0.1) is 5.41 Å². The summed E-state index contributed by atoms with van der Waals surface area (Å²) < 4.78 is 0. The van der Waals surface area contributed by atoms with Gasteiger partial charge in [-0.25, -0.2) is 0 Å². The second-order valence-electron chi connectivity index (χ2n) is 6.63. The lowest BCUT2D eigenvalue weighted by Crippen LogP contribution is -2.54. The van der Waals surface area contributed by atoms with Gasteiger partial charge in [-0.05, 0) is 5.41 Å². The topological polar surface area (TPSA) is 0 Å². The summed E-state index contributed by atoms with van der Waals surface area (Å²) in [4.78, 5) is 0. The quantitative estimate of drug-likeness (QED) is 0.745. The van der Waals surface area contributed by atoms with E-state index in [-0.39, 0.29) is 5.41 Å². The molecule has 0 nitrogen and oxygen atoms in total. The molecule has 0 unspecified atom stereocenters. The predicted octanol–water partition coefficient (Wildman–Crippen LogP) is 4.02. The minimum absolute atomic E-state index is 0.220. The minimum Gasteiger partial charge on any atom is -0.0895 e. The van der Waals surface area contributed by atoms with Gasteiger partial charge in [0.15, 0.2) is 0 Å². The van der Waals surface area contributed by atoms with Gasteiger partial charge >= 0.3 is 0 Å². The minimum atomic E-state index is -1.79. The Morgan fingerprint density at radius 1 is 0.750 bits per heavy atom. The van der Waals surface area contributed by atoms with E-state index >= 15 is 0 Å². The van der Waals surface area contributed by atoms with Gasteiger partial charge in [-0.1, -0.05) is 110 Å². The van der Waals surface area contributed by atoms with Crippen molar-refractivity contribution in [2.45, 2.75) is 27.3 Å². The third kappa shape index (κ3) is 3.49. The Labute approximate surface area is 124 Å². The van der Waals surface area contributed by atoms with Crippen molar-refractivity contribution in [2.24, 2.45) is 5.41 Å². The summed E-state index contributed by atoms with van der Waals surface area (Å²) in [7, 11) is -1.79. The van der Waals surface area contributed by atoms with Crippen molar-refractivity contribution in [3.63, 3.8) is 0 Å². The van der Waals surface area contributed by atoms with Crippen LogP contribution in [0.1, 0.15) is 20.8 Å². The van der Waals surface area contributed by atoms with Crippen LogP contribution in [-0.2, 0) is 0 Å². The molecule has 2 aromatic rings. The Bertz CT molecular complexity index is 522. The van der Waals surface area contributed by atoms with Gasteiger partial charge in [0, 0.05) is 0 Å². The van der Waals surface area contributed by atoms with E-state index in [1.165, 1.54) is 10.4 Å². The van der Waals surface area contributed by atoms with Crippen LogP contribution in [-0.4, -0.2) is 8.07 Å². The third-order valence-electron chi connectivity index (χ3n) is 3.66. The standard InChI is InChI=1S/C19H24Si/c1-19(2,3)15-16-20(4,17-11-7-5-8-12-17)18-13-9-6-10-14-18/h5-16H,1-4H3/b16-15+. The molecule has 0 bridgehead atoms. The Kier molecular flexibility index (Phi) is 4.29. The molecule has 0 N–H and O–H groups in total. The summed E-state index contributed by atoms with van der Waals surface area (Å²) in [6, 6.07) is 21.9. The van der Waals surface area contributed by atoms with E-state index < -0.39 is 8.07 Å². The third-order valence-corrected chi connectivity index (χ3v) is 7.56. The molecule has 1 heteroatoms. The molecule has 0 aliphatic carbocycles. The number of rotatable bonds is 3. The highest BCUT2D eigenvalue weighted by atomic mass is 28.3. The normalized spacial score (nSPS) is 12.8. The van der Waals surface area contributed by atoms with Gasteiger partial charge in [0.2, 0.25) is 0 Å². The highest BCUT2D eigenvalue weighted by Gasteiger charge is 2.29. The summed E-state index contributed by atoms with van der Waals surface area (Å²) in [5.74, 6) is 0. The summed E-state index contributed by atoms with van der Waals surface area (Å²) >= 11 is 0. The van der Waals surface area contributed by atoms with Crippen LogP contribution in [0.4, 0.5) is 0 Å². The largest absolute Gasteiger partial charge is 0.138 e. The lowest BCUT2D eigenvalue weighted by Gasteiger charge is -2.26. The Morgan fingerprint density at radius 2 is 1.15 bits per heavy atom. The van der Waals surface area contributed by atoms with Gasteiger partial charge in [-0.3, -0.25) is 0 Å². The highest BCUT2D eigenvalue weighted by molar-refractivity contribution is 7.05. The molecular weight excluding hydrogens is 256 g/mol. The van der Waals surface area contributed by atoms with Crippen LogP contribution in [0.25, 0.3) is 0 Å². The van der Waals surface area contributed by atoms with E-state index in [2.05, 4.69) is 99.8 Å². The second-order valence-corrected chi connectivity index (χ2v) is 10.5. The zero-order valence-electron chi connectivity index (χ0n) is 12.9. The van der Waals surface area contributed by atoms with Crippen molar-refractivity contribution in [1.82, 2.24) is 0 Å². The molecule has 0 aliphatic heterocycles. The molecule has 0 spiro atoms. The maximum Gasteiger partial charge on any atom is 0.138 e. The Balaban J connectivity index is 2.53. The summed E-state index contributed by atoms with van der Waals surface area (Å²) in [6.45, 7) is 9.21. The fourth-order valence-electron chi connectivity index (χ4n) is 2.34. The highest BCUT2D eigenvalue weighted by Crippen LogP contribution is 2.17. The van der Waals surface area contributed by atoms with Crippen LogP contribution in [0.3, 0.4) is 0 Å². The molecule has 2 rings (SSSR count). The zero-order valence-corrected chi connectivity index (χ0v) is 13.9. The molecular formula is C19H24Si.